The maximum Gasteiger partial charge on any atom is 0.255 e. The van der Waals surface area contributed by atoms with Gasteiger partial charge in [0, 0.05) is 16.0 Å². The van der Waals surface area contributed by atoms with Crippen LogP contribution in [-0.4, -0.2) is 27.2 Å². The van der Waals surface area contributed by atoms with Crippen molar-refractivity contribution in [1.82, 2.24) is 5.32 Å². The molecule has 0 unspecified atom stereocenters. The molecule has 21 heavy (non-hydrogen) atoms. The third-order valence-corrected chi connectivity index (χ3v) is 5.86. The molecule has 112 valence electrons. The lowest BCUT2D eigenvalue weighted by atomic mass is 10.00. The molecule has 5 heteroatoms. The molecule has 0 spiro atoms. The number of amides is 1. The number of carbonyl (C=O) groups is 1. The third-order valence-electron chi connectivity index (χ3n) is 3.71. The number of hydrogen-bond donors (Lipinski definition) is 2. The summed E-state index contributed by atoms with van der Waals surface area (Å²) in [5, 5.41) is 16.2. The zero-order valence-corrected chi connectivity index (χ0v) is 14.9. The summed E-state index contributed by atoms with van der Waals surface area (Å²) in [6.45, 7) is 2.02. The second-order valence-corrected chi connectivity index (χ2v) is 6.16. The molecule has 0 saturated heterocycles. The highest BCUT2D eigenvalue weighted by Gasteiger charge is 2.29. The van der Waals surface area contributed by atoms with Crippen molar-refractivity contribution in [3.05, 3.63) is 42.0 Å². The van der Waals surface area contributed by atoms with E-state index >= 15 is 0 Å². The highest BCUT2D eigenvalue weighted by molar-refractivity contribution is 9.09. The van der Waals surface area contributed by atoms with Crippen molar-refractivity contribution in [3.63, 3.8) is 0 Å². The number of halogens is 2. The number of nitrogens with one attached hydrogen (secondary N) is 1. The van der Waals surface area contributed by atoms with Gasteiger partial charge in [-0.3, -0.25) is 4.79 Å². The topological polar surface area (TPSA) is 49.3 Å². The number of phenols is 1. The van der Waals surface area contributed by atoms with Crippen LogP contribution in [-0.2, 0) is 0 Å². The van der Waals surface area contributed by atoms with E-state index in [9.17, 15) is 9.90 Å². The molecule has 2 N–H and O–H groups in total. The number of rotatable bonds is 5. The minimum absolute atomic E-state index is 0.0275. The van der Waals surface area contributed by atoms with Gasteiger partial charge in [0.2, 0.25) is 0 Å². The number of benzene rings is 2. The second kappa shape index (κ2) is 6.79. The maximum absolute atomic E-state index is 12.5. The lowest BCUT2D eigenvalue weighted by molar-refractivity contribution is 0.0913. The SMILES string of the molecule is CCC(CBr)(CBr)NC(=O)c1ccc2ccccc2c1O. The van der Waals surface area contributed by atoms with Crippen LogP contribution in [0.1, 0.15) is 23.7 Å². The van der Waals surface area contributed by atoms with Gasteiger partial charge in [0.1, 0.15) is 5.75 Å². The molecule has 0 aromatic heterocycles. The first-order valence-electron chi connectivity index (χ1n) is 6.72. The van der Waals surface area contributed by atoms with Gasteiger partial charge < -0.3 is 10.4 Å². The van der Waals surface area contributed by atoms with E-state index in [2.05, 4.69) is 37.2 Å². The number of phenolic OH excluding ortho intramolecular Hbond substituents is 1. The summed E-state index contributed by atoms with van der Waals surface area (Å²) >= 11 is 6.89. The van der Waals surface area contributed by atoms with Crippen LogP contribution in [0.4, 0.5) is 0 Å². The highest BCUT2D eigenvalue weighted by Crippen LogP contribution is 2.29. The number of fused-ring (bicyclic) bond motifs is 1. The molecule has 0 aliphatic rings. The van der Waals surface area contributed by atoms with Crippen molar-refractivity contribution in [1.29, 1.82) is 0 Å². The van der Waals surface area contributed by atoms with Crippen LogP contribution in [0.3, 0.4) is 0 Å². The van der Waals surface area contributed by atoms with Gasteiger partial charge in [-0.1, -0.05) is 69.1 Å². The molecule has 2 aromatic rings. The summed E-state index contributed by atoms with van der Waals surface area (Å²) < 4.78 is 0. The van der Waals surface area contributed by atoms with Crippen LogP contribution in [0.5, 0.6) is 5.75 Å². The molecule has 2 rings (SSSR count). The molecule has 0 saturated carbocycles. The highest BCUT2D eigenvalue weighted by atomic mass is 79.9. The predicted molar refractivity (Wildman–Crippen MR) is 93.7 cm³/mol. The van der Waals surface area contributed by atoms with Crippen molar-refractivity contribution in [3.8, 4) is 5.75 Å². The Morgan fingerprint density at radius 3 is 2.48 bits per heavy atom. The van der Waals surface area contributed by atoms with Gasteiger partial charge in [-0.15, -0.1) is 0 Å². The Kier molecular flexibility index (Phi) is 5.27. The normalized spacial score (nSPS) is 11.6. The summed E-state index contributed by atoms with van der Waals surface area (Å²) in [4.78, 5) is 12.5. The van der Waals surface area contributed by atoms with Crippen LogP contribution >= 0.6 is 31.9 Å². The van der Waals surface area contributed by atoms with E-state index in [1.165, 1.54) is 0 Å². The van der Waals surface area contributed by atoms with Gasteiger partial charge in [-0.05, 0) is 17.9 Å². The third kappa shape index (κ3) is 3.24. The molecule has 1 amide bonds. The molecule has 0 aliphatic carbocycles. The first-order valence-corrected chi connectivity index (χ1v) is 8.96. The Morgan fingerprint density at radius 2 is 1.86 bits per heavy atom. The molecule has 0 heterocycles. The molecule has 0 bridgehead atoms. The van der Waals surface area contributed by atoms with E-state index in [4.69, 9.17) is 0 Å². The van der Waals surface area contributed by atoms with Crippen LogP contribution in [0, 0.1) is 0 Å². The summed E-state index contributed by atoms with van der Waals surface area (Å²) in [5.74, 6) is -0.237. The molecule has 3 nitrogen and oxygen atoms in total. The fourth-order valence-electron chi connectivity index (χ4n) is 2.13. The van der Waals surface area contributed by atoms with Crippen molar-refractivity contribution in [2.24, 2.45) is 0 Å². The van der Waals surface area contributed by atoms with E-state index in [0.29, 0.717) is 21.6 Å². The summed E-state index contributed by atoms with van der Waals surface area (Å²) in [5.41, 5.74) is -0.0664. The first-order chi connectivity index (χ1) is 10.1. The van der Waals surface area contributed by atoms with E-state index in [-0.39, 0.29) is 17.2 Å². The average Bonchev–Trinajstić information content (AvgIpc) is 2.53. The molecule has 0 fully saturated rings. The van der Waals surface area contributed by atoms with Gasteiger partial charge in [-0.25, -0.2) is 0 Å². The lowest BCUT2D eigenvalue weighted by Crippen LogP contribution is -2.51. The molecule has 0 atom stereocenters. The molecular weight excluding hydrogens is 398 g/mol. The Morgan fingerprint density at radius 1 is 1.19 bits per heavy atom. The van der Waals surface area contributed by atoms with E-state index in [1.54, 1.807) is 6.07 Å². The number of hydrogen-bond acceptors (Lipinski definition) is 2. The van der Waals surface area contributed by atoms with Gasteiger partial charge >= 0.3 is 0 Å². The fraction of sp³-hybridized carbons (Fsp3) is 0.312. The van der Waals surface area contributed by atoms with Gasteiger partial charge in [0.05, 0.1) is 11.1 Å². The Labute approximate surface area is 141 Å². The number of carbonyl (C=O) groups excluding carboxylic acids is 1. The van der Waals surface area contributed by atoms with Crippen LogP contribution in [0.15, 0.2) is 36.4 Å². The van der Waals surface area contributed by atoms with Gasteiger partial charge in [0.25, 0.3) is 5.91 Å². The fourth-order valence-corrected chi connectivity index (χ4v) is 4.13. The van der Waals surface area contributed by atoms with E-state index in [0.717, 1.165) is 11.8 Å². The summed E-state index contributed by atoms with van der Waals surface area (Å²) in [6.07, 6.45) is 0.781. The standard InChI is InChI=1S/C16H17Br2NO2/c1-2-16(9-17,10-18)19-15(21)13-8-7-11-5-3-4-6-12(11)14(13)20/h3-8,20H,2,9-10H2,1H3,(H,19,21). The van der Waals surface area contributed by atoms with Crippen LogP contribution < -0.4 is 5.32 Å². The van der Waals surface area contributed by atoms with Crippen molar-refractivity contribution < 1.29 is 9.90 Å². The summed E-state index contributed by atoms with van der Waals surface area (Å²) in [6, 6.07) is 11.0. The zero-order valence-electron chi connectivity index (χ0n) is 11.7. The molecule has 0 aliphatic heterocycles. The number of alkyl halides is 2. The molecule has 0 radical (unpaired) electrons. The Balaban J connectivity index is 2.38. The lowest BCUT2D eigenvalue weighted by Gasteiger charge is -2.30. The van der Waals surface area contributed by atoms with Crippen LogP contribution in [0.2, 0.25) is 0 Å². The minimum atomic E-state index is -0.366. The zero-order chi connectivity index (χ0) is 15.5. The Hall–Kier alpha value is -1.07. The average molecular weight is 415 g/mol. The van der Waals surface area contributed by atoms with Crippen molar-refractivity contribution in [2.45, 2.75) is 18.9 Å². The van der Waals surface area contributed by atoms with Gasteiger partial charge in [0.15, 0.2) is 0 Å². The van der Waals surface area contributed by atoms with E-state index < -0.39 is 0 Å². The quantitative estimate of drug-likeness (QED) is 0.719. The largest absolute Gasteiger partial charge is 0.506 e. The van der Waals surface area contributed by atoms with Crippen molar-refractivity contribution >= 4 is 48.5 Å². The molecular formula is C16H17Br2NO2. The second-order valence-electron chi connectivity index (χ2n) is 5.04. The predicted octanol–water partition coefficient (Wildman–Crippen LogP) is 4.21. The van der Waals surface area contributed by atoms with Gasteiger partial charge in [-0.2, -0.15) is 0 Å². The first kappa shape index (κ1) is 16.3. The monoisotopic (exact) mass is 413 g/mol. The summed E-state index contributed by atoms with van der Waals surface area (Å²) in [7, 11) is 0. The Bertz CT molecular complexity index is 646. The smallest absolute Gasteiger partial charge is 0.255 e. The van der Waals surface area contributed by atoms with Crippen LogP contribution in [0.25, 0.3) is 10.8 Å². The number of aromatic hydroxyl groups is 1. The van der Waals surface area contributed by atoms with E-state index in [1.807, 2.05) is 37.3 Å². The maximum atomic E-state index is 12.5. The minimum Gasteiger partial charge on any atom is -0.506 e. The van der Waals surface area contributed by atoms with Crippen molar-refractivity contribution in [2.75, 3.05) is 10.7 Å². The molecule has 2 aromatic carbocycles.